The fraction of sp³-hybridized carbons (Fsp3) is 0.176. The second-order valence-corrected chi connectivity index (χ2v) is 5.63. The lowest BCUT2D eigenvalue weighted by Crippen LogP contribution is -1.96. The molecule has 0 bridgehead atoms. The Morgan fingerprint density at radius 1 is 0.950 bits per heavy atom. The molecule has 0 saturated carbocycles. The van der Waals surface area contributed by atoms with E-state index in [2.05, 4.69) is 49.2 Å². The number of aromatic nitrogens is 2. The molecule has 2 nitrogen and oxygen atoms in total. The SMILES string of the molecule is Cc1cc(C)c(-c2n[nH]c(=S)c3ccccc23)c(C)c1. The summed E-state index contributed by atoms with van der Waals surface area (Å²) in [4.78, 5) is 0. The predicted molar refractivity (Wildman–Crippen MR) is 86.6 cm³/mol. The van der Waals surface area contributed by atoms with E-state index in [9.17, 15) is 0 Å². The Bertz CT molecular complexity index is 839. The molecule has 20 heavy (non-hydrogen) atoms. The number of aryl methyl sites for hydroxylation is 3. The minimum Gasteiger partial charge on any atom is -0.267 e. The molecule has 3 heteroatoms. The van der Waals surface area contributed by atoms with Crippen LogP contribution >= 0.6 is 12.2 Å². The Kier molecular flexibility index (Phi) is 3.14. The Balaban J connectivity index is 2.42. The average Bonchev–Trinajstić information content (AvgIpc) is 2.40. The molecule has 0 aliphatic rings. The Labute approximate surface area is 123 Å². The van der Waals surface area contributed by atoms with Crippen LogP contribution in [0.25, 0.3) is 22.0 Å². The van der Waals surface area contributed by atoms with E-state index >= 15 is 0 Å². The number of rotatable bonds is 1. The lowest BCUT2D eigenvalue weighted by molar-refractivity contribution is 1.04. The van der Waals surface area contributed by atoms with Crippen molar-refractivity contribution < 1.29 is 0 Å². The number of fused-ring (bicyclic) bond motifs is 1. The number of nitrogens with one attached hydrogen (secondary N) is 1. The number of hydrogen-bond acceptors (Lipinski definition) is 2. The van der Waals surface area contributed by atoms with Gasteiger partial charge in [-0.05, 0) is 31.9 Å². The first kappa shape index (κ1) is 13.0. The molecule has 0 spiro atoms. The van der Waals surface area contributed by atoms with Crippen LogP contribution in [0.1, 0.15) is 16.7 Å². The maximum atomic E-state index is 5.33. The number of benzene rings is 2. The van der Waals surface area contributed by atoms with Gasteiger partial charge in [0.25, 0.3) is 0 Å². The number of H-pyrrole nitrogens is 1. The second kappa shape index (κ2) is 4.84. The summed E-state index contributed by atoms with van der Waals surface area (Å²) in [5.41, 5.74) is 5.93. The van der Waals surface area contributed by atoms with Gasteiger partial charge in [-0.1, -0.05) is 54.2 Å². The molecule has 1 N–H and O–H groups in total. The van der Waals surface area contributed by atoms with Gasteiger partial charge in [-0.15, -0.1) is 0 Å². The van der Waals surface area contributed by atoms with E-state index in [1.165, 1.54) is 22.3 Å². The van der Waals surface area contributed by atoms with Gasteiger partial charge in [0.05, 0.1) is 5.69 Å². The van der Waals surface area contributed by atoms with Crippen molar-refractivity contribution in [2.75, 3.05) is 0 Å². The van der Waals surface area contributed by atoms with E-state index in [0.717, 1.165) is 16.5 Å². The van der Waals surface area contributed by atoms with Crippen LogP contribution in [0.15, 0.2) is 36.4 Å². The highest BCUT2D eigenvalue weighted by molar-refractivity contribution is 7.71. The number of aromatic amines is 1. The predicted octanol–water partition coefficient (Wildman–Crippen LogP) is 4.88. The van der Waals surface area contributed by atoms with E-state index in [4.69, 9.17) is 12.2 Å². The van der Waals surface area contributed by atoms with Crippen molar-refractivity contribution in [3.63, 3.8) is 0 Å². The highest BCUT2D eigenvalue weighted by Crippen LogP contribution is 2.31. The molecule has 0 saturated heterocycles. The van der Waals surface area contributed by atoms with Gasteiger partial charge in [-0.25, -0.2) is 0 Å². The van der Waals surface area contributed by atoms with Gasteiger partial charge in [0.15, 0.2) is 0 Å². The van der Waals surface area contributed by atoms with Crippen LogP contribution < -0.4 is 0 Å². The van der Waals surface area contributed by atoms with Crippen molar-refractivity contribution in [1.82, 2.24) is 10.2 Å². The largest absolute Gasteiger partial charge is 0.267 e. The quantitative estimate of drug-likeness (QED) is 0.643. The van der Waals surface area contributed by atoms with Gasteiger partial charge in [-0.3, -0.25) is 5.10 Å². The molecule has 2 aromatic carbocycles. The maximum Gasteiger partial charge on any atom is 0.127 e. The van der Waals surface area contributed by atoms with Gasteiger partial charge in [0.1, 0.15) is 4.64 Å². The van der Waals surface area contributed by atoms with Crippen LogP contribution in [0.5, 0.6) is 0 Å². The van der Waals surface area contributed by atoms with E-state index in [-0.39, 0.29) is 0 Å². The van der Waals surface area contributed by atoms with Crippen molar-refractivity contribution in [2.24, 2.45) is 0 Å². The summed E-state index contributed by atoms with van der Waals surface area (Å²) in [5.74, 6) is 0. The third kappa shape index (κ3) is 2.04. The molecule has 0 unspecified atom stereocenters. The zero-order chi connectivity index (χ0) is 14.3. The van der Waals surface area contributed by atoms with Gasteiger partial charge in [0, 0.05) is 16.3 Å². The van der Waals surface area contributed by atoms with E-state index in [1.807, 2.05) is 18.2 Å². The summed E-state index contributed by atoms with van der Waals surface area (Å²) in [5, 5.41) is 9.63. The molecule has 3 aromatic rings. The third-order valence-electron chi connectivity index (χ3n) is 3.61. The molecule has 3 rings (SSSR count). The van der Waals surface area contributed by atoms with Crippen LogP contribution in [-0.4, -0.2) is 10.2 Å². The zero-order valence-electron chi connectivity index (χ0n) is 11.8. The van der Waals surface area contributed by atoms with Crippen molar-refractivity contribution in [2.45, 2.75) is 20.8 Å². The van der Waals surface area contributed by atoms with E-state index in [1.54, 1.807) is 0 Å². The smallest absolute Gasteiger partial charge is 0.127 e. The Morgan fingerprint density at radius 3 is 2.20 bits per heavy atom. The van der Waals surface area contributed by atoms with Gasteiger partial charge in [0.2, 0.25) is 0 Å². The highest BCUT2D eigenvalue weighted by atomic mass is 32.1. The average molecular weight is 280 g/mol. The normalized spacial score (nSPS) is 10.9. The van der Waals surface area contributed by atoms with Crippen LogP contribution in [0, 0.1) is 25.4 Å². The van der Waals surface area contributed by atoms with Crippen molar-refractivity contribution in [1.29, 1.82) is 0 Å². The topological polar surface area (TPSA) is 28.7 Å². The Hall–Kier alpha value is -2.00. The first-order valence-electron chi connectivity index (χ1n) is 6.63. The molecule has 1 heterocycles. The van der Waals surface area contributed by atoms with Crippen LogP contribution in [0.3, 0.4) is 0 Å². The molecule has 0 radical (unpaired) electrons. The summed E-state index contributed by atoms with van der Waals surface area (Å²) < 4.78 is 0.687. The first-order valence-corrected chi connectivity index (χ1v) is 7.04. The molecule has 0 amide bonds. The van der Waals surface area contributed by atoms with Crippen LogP contribution in [0.4, 0.5) is 0 Å². The van der Waals surface area contributed by atoms with Gasteiger partial charge < -0.3 is 0 Å². The number of nitrogens with zero attached hydrogens (tertiary/aromatic N) is 1. The standard InChI is InChI=1S/C17H16N2S/c1-10-8-11(2)15(12(3)9-10)16-13-6-4-5-7-14(13)17(20)19-18-16/h4-9H,1-3H3,(H,19,20). The minimum absolute atomic E-state index is 0.687. The molecule has 0 atom stereocenters. The maximum absolute atomic E-state index is 5.33. The molecule has 1 aromatic heterocycles. The fourth-order valence-electron chi connectivity index (χ4n) is 2.86. The van der Waals surface area contributed by atoms with Gasteiger partial charge >= 0.3 is 0 Å². The summed E-state index contributed by atoms with van der Waals surface area (Å²) in [6.07, 6.45) is 0. The van der Waals surface area contributed by atoms with E-state index in [0.29, 0.717) is 4.64 Å². The molecular weight excluding hydrogens is 264 g/mol. The summed E-state index contributed by atoms with van der Waals surface area (Å²) in [6.45, 7) is 6.38. The molecule has 0 aliphatic heterocycles. The first-order chi connectivity index (χ1) is 9.58. The lowest BCUT2D eigenvalue weighted by atomic mass is 9.95. The molecule has 0 fully saturated rings. The molecule has 0 aliphatic carbocycles. The van der Waals surface area contributed by atoms with Crippen LogP contribution in [-0.2, 0) is 0 Å². The van der Waals surface area contributed by atoms with Crippen LogP contribution in [0.2, 0.25) is 0 Å². The number of hydrogen-bond donors (Lipinski definition) is 1. The monoisotopic (exact) mass is 280 g/mol. The zero-order valence-corrected chi connectivity index (χ0v) is 12.6. The summed E-state index contributed by atoms with van der Waals surface area (Å²) in [7, 11) is 0. The van der Waals surface area contributed by atoms with Crippen molar-refractivity contribution in [3.8, 4) is 11.3 Å². The summed E-state index contributed by atoms with van der Waals surface area (Å²) in [6, 6.07) is 12.5. The van der Waals surface area contributed by atoms with E-state index < -0.39 is 0 Å². The Morgan fingerprint density at radius 2 is 1.55 bits per heavy atom. The van der Waals surface area contributed by atoms with Crippen molar-refractivity contribution in [3.05, 3.63) is 57.7 Å². The lowest BCUT2D eigenvalue weighted by Gasteiger charge is -2.12. The summed E-state index contributed by atoms with van der Waals surface area (Å²) >= 11 is 5.33. The van der Waals surface area contributed by atoms with Gasteiger partial charge in [-0.2, -0.15) is 5.10 Å². The molecule has 100 valence electrons. The second-order valence-electron chi connectivity index (χ2n) is 5.22. The molecular formula is C17H16N2S. The van der Waals surface area contributed by atoms with Crippen molar-refractivity contribution >= 4 is 23.0 Å². The highest BCUT2D eigenvalue weighted by Gasteiger charge is 2.12. The third-order valence-corrected chi connectivity index (χ3v) is 3.92. The fourth-order valence-corrected chi connectivity index (χ4v) is 3.08. The minimum atomic E-state index is 0.687.